The molecule has 0 radical (unpaired) electrons. The second-order valence-corrected chi connectivity index (χ2v) is 3.63. The van der Waals surface area contributed by atoms with Gasteiger partial charge in [0.05, 0.1) is 0 Å². The molecule has 0 bridgehead atoms. The molecule has 0 saturated carbocycles. The van der Waals surface area contributed by atoms with Crippen molar-refractivity contribution in [2.75, 3.05) is 0 Å². The second-order valence-electron chi connectivity index (χ2n) is 3.63. The summed E-state index contributed by atoms with van der Waals surface area (Å²) in [7, 11) is 0. The first-order valence-electron chi connectivity index (χ1n) is 4.17. The lowest BCUT2D eigenvalue weighted by Gasteiger charge is -1.99. The van der Waals surface area contributed by atoms with Crippen LogP contribution < -0.4 is 0 Å². The number of hydrogen-bond acceptors (Lipinski definition) is 0. The van der Waals surface area contributed by atoms with E-state index in [1.165, 1.54) is 11.1 Å². The summed E-state index contributed by atoms with van der Waals surface area (Å²) >= 11 is 0. The van der Waals surface area contributed by atoms with Gasteiger partial charge >= 0.3 is 0 Å². The van der Waals surface area contributed by atoms with Gasteiger partial charge in [0, 0.05) is 0 Å². The van der Waals surface area contributed by atoms with Gasteiger partial charge in [-0.1, -0.05) is 25.3 Å². The molecule has 0 heterocycles. The maximum Gasteiger partial charge on any atom is -0.0217 e. The first-order chi connectivity index (χ1) is 5.02. The van der Waals surface area contributed by atoms with Gasteiger partial charge in [0.15, 0.2) is 0 Å². The van der Waals surface area contributed by atoms with Crippen LogP contribution >= 0.6 is 0 Å². The Morgan fingerprint density at radius 3 is 2.00 bits per heavy atom. The molecule has 0 aliphatic rings. The first-order valence-corrected chi connectivity index (χ1v) is 4.17. The largest absolute Gasteiger partial charge is 0.0718 e. The number of rotatable bonds is 2. The fourth-order valence-corrected chi connectivity index (χ4v) is 0.895. The molecule has 0 aromatic rings. The van der Waals surface area contributed by atoms with Crippen molar-refractivity contribution in [1.82, 2.24) is 0 Å². The van der Waals surface area contributed by atoms with Gasteiger partial charge in [-0.2, -0.15) is 0 Å². The average molecular weight is 150 g/mol. The summed E-state index contributed by atoms with van der Waals surface area (Å²) in [5.74, 6) is 0.724. The molecular formula is C11H18. The molecule has 0 aliphatic carbocycles. The van der Waals surface area contributed by atoms with Crippen molar-refractivity contribution in [3.05, 3.63) is 22.6 Å². The lowest BCUT2D eigenvalue weighted by atomic mass is 10.1. The lowest BCUT2D eigenvalue weighted by Crippen LogP contribution is -1.85. The molecule has 0 aromatic heterocycles. The Hall–Kier alpha value is -0.700. The maximum atomic E-state index is 3.14. The highest BCUT2D eigenvalue weighted by molar-refractivity contribution is 5.01. The maximum absolute atomic E-state index is 3.14. The Morgan fingerprint density at radius 2 is 1.64 bits per heavy atom. The molecule has 0 N–H and O–H groups in total. The van der Waals surface area contributed by atoms with Crippen LogP contribution in [0.3, 0.4) is 0 Å². The summed E-state index contributed by atoms with van der Waals surface area (Å²) in [5, 5.41) is 0. The molecule has 0 rings (SSSR count). The molecule has 0 aromatic carbocycles. The van der Waals surface area contributed by atoms with E-state index in [0.717, 1.165) is 12.3 Å². The van der Waals surface area contributed by atoms with Gasteiger partial charge in [-0.3, -0.25) is 0 Å². The van der Waals surface area contributed by atoms with E-state index < -0.39 is 0 Å². The molecule has 0 saturated heterocycles. The zero-order valence-corrected chi connectivity index (χ0v) is 8.28. The van der Waals surface area contributed by atoms with Crippen molar-refractivity contribution < 1.29 is 0 Å². The fraction of sp³-hybridized carbons (Fsp3) is 0.636. The zero-order valence-electron chi connectivity index (χ0n) is 8.28. The molecule has 0 fully saturated rings. The van der Waals surface area contributed by atoms with Crippen molar-refractivity contribution in [3.63, 3.8) is 0 Å². The van der Waals surface area contributed by atoms with Crippen LogP contribution in [0.15, 0.2) is 22.6 Å². The van der Waals surface area contributed by atoms with Crippen LogP contribution in [0.4, 0.5) is 0 Å². The summed E-state index contributed by atoms with van der Waals surface area (Å²) in [6.45, 7) is 10.6. The number of hydrogen-bond donors (Lipinski definition) is 0. The van der Waals surface area contributed by atoms with Gasteiger partial charge in [0.2, 0.25) is 0 Å². The average Bonchev–Trinajstić information content (AvgIpc) is 1.82. The predicted octanol–water partition coefficient (Wildman–Crippen LogP) is 3.70. The Balaban J connectivity index is 4.35. The molecule has 0 aliphatic heterocycles. The number of allylic oxidation sites excluding steroid dienone is 2. The SMILES string of the molecule is CC(C)=C=C=C(C)CC(C)C. The van der Waals surface area contributed by atoms with E-state index in [0.29, 0.717) is 0 Å². The fourth-order valence-electron chi connectivity index (χ4n) is 0.895. The minimum Gasteiger partial charge on any atom is -0.0718 e. The van der Waals surface area contributed by atoms with E-state index >= 15 is 0 Å². The molecule has 0 heteroatoms. The molecular weight excluding hydrogens is 132 g/mol. The van der Waals surface area contributed by atoms with E-state index in [-0.39, 0.29) is 0 Å². The molecule has 11 heavy (non-hydrogen) atoms. The molecule has 62 valence electrons. The van der Waals surface area contributed by atoms with Crippen molar-refractivity contribution in [2.24, 2.45) is 5.92 Å². The third-order valence-electron chi connectivity index (χ3n) is 1.24. The van der Waals surface area contributed by atoms with E-state index in [4.69, 9.17) is 0 Å². The van der Waals surface area contributed by atoms with Gasteiger partial charge < -0.3 is 0 Å². The minimum atomic E-state index is 0.724. The summed E-state index contributed by atoms with van der Waals surface area (Å²) < 4.78 is 0. The van der Waals surface area contributed by atoms with Gasteiger partial charge in [0.1, 0.15) is 0 Å². The first kappa shape index (κ1) is 10.3. The summed E-state index contributed by atoms with van der Waals surface area (Å²) in [6, 6.07) is 0. The highest BCUT2D eigenvalue weighted by Gasteiger charge is 1.92. The van der Waals surface area contributed by atoms with Gasteiger partial charge in [-0.15, -0.1) is 0 Å². The zero-order chi connectivity index (χ0) is 8.85. The summed E-state index contributed by atoms with van der Waals surface area (Å²) in [5.41, 5.74) is 8.70. The van der Waals surface area contributed by atoms with Gasteiger partial charge in [-0.25, -0.2) is 0 Å². The van der Waals surface area contributed by atoms with Crippen LogP contribution in [0.1, 0.15) is 41.0 Å². The summed E-state index contributed by atoms with van der Waals surface area (Å²) in [4.78, 5) is 0. The van der Waals surface area contributed by atoms with Crippen LogP contribution in [0.25, 0.3) is 0 Å². The van der Waals surface area contributed by atoms with Crippen molar-refractivity contribution in [2.45, 2.75) is 41.0 Å². The Bertz CT molecular complexity index is 202. The Kier molecular flexibility index (Phi) is 4.70. The summed E-state index contributed by atoms with van der Waals surface area (Å²) in [6.07, 6.45) is 1.13. The quantitative estimate of drug-likeness (QED) is 0.526. The molecule has 0 amide bonds. The standard InChI is InChI=1S/C11H18/c1-9(2)6-7-11(5)8-10(3)4/h10H,8H2,1-5H3. The van der Waals surface area contributed by atoms with Crippen LogP contribution in [0, 0.1) is 5.92 Å². The predicted molar refractivity (Wildman–Crippen MR) is 50.5 cm³/mol. The highest BCUT2D eigenvalue weighted by atomic mass is 14.0. The molecule has 0 atom stereocenters. The third-order valence-corrected chi connectivity index (χ3v) is 1.24. The Labute approximate surface area is 70.3 Å². The van der Waals surface area contributed by atoms with Crippen LogP contribution in [-0.2, 0) is 0 Å². The van der Waals surface area contributed by atoms with E-state index in [9.17, 15) is 0 Å². The Morgan fingerprint density at radius 1 is 1.09 bits per heavy atom. The van der Waals surface area contributed by atoms with Crippen LogP contribution in [-0.4, -0.2) is 0 Å². The minimum absolute atomic E-state index is 0.724. The van der Waals surface area contributed by atoms with Gasteiger partial charge in [0.25, 0.3) is 0 Å². The van der Waals surface area contributed by atoms with Crippen LogP contribution in [0.2, 0.25) is 0 Å². The lowest BCUT2D eigenvalue weighted by molar-refractivity contribution is 0.643. The monoisotopic (exact) mass is 150 g/mol. The topological polar surface area (TPSA) is 0 Å². The van der Waals surface area contributed by atoms with Gasteiger partial charge in [-0.05, 0) is 44.3 Å². The third kappa shape index (κ3) is 7.19. The highest BCUT2D eigenvalue weighted by Crippen LogP contribution is 2.07. The van der Waals surface area contributed by atoms with E-state index in [1.807, 2.05) is 13.8 Å². The van der Waals surface area contributed by atoms with E-state index in [1.54, 1.807) is 0 Å². The van der Waals surface area contributed by atoms with Crippen molar-refractivity contribution >= 4 is 0 Å². The van der Waals surface area contributed by atoms with Crippen LogP contribution in [0.5, 0.6) is 0 Å². The molecule has 0 unspecified atom stereocenters. The smallest absolute Gasteiger partial charge is 0.0217 e. The normalized spacial score (nSPS) is 8.91. The van der Waals surface area contributed by atoms with Crippen molar-refractivity contribution in [1.29, 1.82) is 0 Å². The molecule has 0 spiro atoms. The second kappa shape index (κ2) is 5.02. The van der Waals surface area contributed by atoms with E-state index in [2.05, 4.69) is 32.2 Å². The molecule has 0 nitrogen and oxygen atoms in total. The van der Waals surface area contributed by atoms with Crippen molar-refractivity contribution in [3.8, 4) is 0 Å².